The molecular weight excluding hydrogens is 278 g/mol. The standard InChI is InChI=1S/C22H23N/c1-18-10-7-8-11-20(3)17-21(14-13-18)22-12-6-4-5-9-19(2)15-16-23-22/h4-11,13-17,19H,1,3,12H2,2H3/b6-4-,9-5-,10-7?,11-8?,14-13?,16-15-,21-17?,23-22?. The van der Waals surface area contributed by atoms with Gasteiger partial charge in [0.25, 0.3) is 0 Å². The van der Waals surface area contributed by atoms with Crippen LogP contribution in [0.25, 0.3) is 13.2 Å². The van der Waals surface area contributed by atoms with Crippen LogP contribution in [0.1, 0.15) is 18.9 Å². The van der Waals surface area contributed by atoms with E-state index in [1.807, 2.05) is 36.5 Å². The lowest BCUT2D eigenvalue weighted by Gasteiger charge is -2.03. The Morgan fingerprint density at radius 1 is 0.957 bits per heavy atom. The van der Waals surface area contributed by atoms with E-state index in [9.17, 15) is 0 Å². The second-order valence-corrected chi connectivity index (χ2v) is 5.59. The average Bonchev–Trinajstić information content (AvgIpc) is 2.53. The molecule has 1 aromatic carbocycles. The lowest BCUT2D eigenvalue weighted by atomic mass is 10.1. The Morgan fingerprint density at radius 2 is 1.74 bits per heavy atom. The zero-order valence-electron chi connectivity index (χ0n) is 13.7. The number of aliphatic imine (C=N–C) groups is 1. The number of hydrogen-bond donors (Lipinski definition) is 0. The molecule has 23 heavy (non-hydrogen) atoms. The van der Waals surface area contributed by atoms with Crippen LogP contribution in [0.15, 0.2) is 84.0 Å². The van der Waals surface area contributed by atoms with Gasteiger partial charge < -0.3 is 0 Å². The van der Waals surface area contributed by atoms with Crippen molar-refractivity contribution in [2.45, 2.75) is 13.3 Å². The fourth-order valence-corrected chi connectivity index (χ4v) is 2.16. The zero-order valence-corrected chi connectivity index (χ0v) is 13.7. The van der Waals surface area contributed by atoms with Gasteiger partial charge in [0.1, 0.15) is 0 Å². The molecule has 0 fully saturated rings. The third-order valence-electron chi connectivity index (χ3n) is 3.48. The molecule has 0 amide bonds. The van der Waals surface area contributed by atoms with E-state index in [1.165, 1.54) is 0 Å². The van der Waals surface area contributed by atoms with Crippen LogP contribution in [0, 0.1) is 5.92 Å². The van der Waals surface area contributed by atoms with Gasteiger partial charge in [0, 0.05) is 12.6 Å². The third-order valence-corrected chi connectivity index (χ3v) is 3.48. The molecule has 1 aliphatic rings. The smallest absolute Gasteiger partial charge is 0.0513 e. The lowest BCUT2D eigenvalue weighted by molar-refractivity contribution is 0.935. The van der Waals surface area contributed by atoms with Crippen molar-refractivity contribution >= 4 is 18.9 Å². The van der Waals surface area contributed by atoms with Crippen molar-refractivity contribution in [3.8, 4) is 0 Å². The van der Waals surface area contributed by atoms with Crippen molar-refractivity contribution in [2.24, 2.45) is 10.9 Å². The Morgan fingerprint density at radius 3 is 2.57 bits per heavy atom. The molecule has 1 atom stereocenters. The first-order valence-electron chi connectivity index (χ1n) is 7.84. The minimum absolute atomic E-state index is 0.374. The van der Waals surface area contributed by atoms with Crippen molar-refractivity contribution in [3.63, 3.8) is 0 Å². The molecule has 1 heteroatoms. The molecule has 1 unspecified atom stereocenters. The second-order valence-electron chi connectivity index (χ2n) is 5.59. The topological polar surface area (TPSA) is 12.4 Å². The average molecular weight is 301 g/mol. The quantitative estimate of drug-likeness (QED) is 0.741. The van der Waals surface area contributed by atoms with Crippen LogP contribution >= 0.6 is 0 Å². The molecule has 1 aliphatic heterocycles. The molecule has 1 heterocycles. The Kier molecular flexibility index (Phi) is 6.31. The van der Waals surface area contributed by atoms with Crippen molar-refractivity contribution < 1.29 is 0 Å². The molecule has 0 spiro atoms. The van der Waals surface area contributed by atoms with Crippen molar-refractivity contribution in [1.82, 2.24) is 0 Å². The van der Waals surface area contributed by atoms with E-state index in [0.29, 0.717) is 5.92 Å². The molecule has 116 valence electrons. The molecule has 0 aromatic heterocycles. The van der Waals surface area contributed by atoms with Crippen LogP contribution < -0.4 is 10.4 Å². The zero-order chi connectivity index (χ0) is 16.5. The van der Waals surface area contributed by atoms with Gasteiger partial charge in [-0.25, -0.2) is 0 Å². The first kappa shape index (κ1) is 16.7. The molecule has 0 saturated carbocycles. The normalized spacial score (nSPS) is 21.4. The summed E-state index contributed by atoms with van der Waals surface area (Å²) in [7, 11) is 0. The number of rotatable bonds is 1. The maximum atomic E-state index is 4.66. The van der Waals surface area contributed by atoms with E-state index in [4.69, 9.17) is 0 Å². The van der Waals surface area contributed by atoms with Crippen LogP contribution in [0.4, 0.5) is 0 Å². The van der Waals surface area contributed by atoms with Crippen LogP contribution in [0.3, 0.4) is 0 Å². The summed E-state index contributed by atoms with van der Waals surface area (Å²) in [5.41, 5.74) is 2.07. The summed E-state index contributed by atoms with van der Waals surface area (Å²) in [6.07, 6.45) is 13.2. The molecule has 0 aliphatic carbocycles. The van der Waals surface area contributed by atoms with Crippen LogP contribution in [-0.4, -0.2) is 5.71 Å². The Hall–Kier alpha value is -2.67. The molecule has 0 bridgehead atoms. The van der Waals surface area contributed by atoms with E-state index in [0.717, 1.165) is 28.1 Å². The molecule has 0 saturated heterocycles. The van der Waals surface area contributed by atoms with E-state index in [-0.39, 0.29) is 0 Å². The predicted molar refractivity (Wildman–Crippen MR) is 102 cm³/mol. The first-order chi connectivity index (χ1) is 11.1. The van der Waals surface area contributed by atoms with Gasteiger partial charge in [-0.15, -0.1) is 0 Å². The van der Waals surface area contributed by atoms with Crippen molar-refractivity contribution in [2.75, 3.05) is 0 Å². The summed E-state index contributed by atoms with van der Waals surface area (Å²) in [4.78, 5) is 4.66. The molecule has 2 rings (SSSR count). The van der Waals surface area contributed by atoms with E-state index < -0.39 is 0 Å². The summed E-state index contributed by atoms with van der Waals surface area (Å²) in [6.45, 7) is 10.2. The van der Waals surface area contributed by atoms with Gasteiger partial charge in [-0.1, -0.05) is 86.9 Å². The van der Waals surface area contributed by atoms with Gasteiger partial charge in [0.2, 0.25) is 0 Å². The maximum Gasteiger partial charge on any atom is 0.0513 e. The van der Waals surface area contributed by atoms with Crippen molar-refractivity contribution in [1.29, 1.82) is 0 Å². The number of hydrogen-bond acceptors (Lipinski definition) is 1. The van der Waals surface area contributed by atoms with E-state index >= 15 is 0 Å². The van der Waals surface area contributed by atoms with E-state index in [1.54, 1.807) is 0 Å². The Balaban J connectivity index is 2.55. The first-order valence-corrected chi connectivity index (χ1v) is 7.84. The SMILES string of the molecule is C=c1ccccc(=C)cc(C2=N/C=C\C(C)/C=C\C=C/C2)cc1. The molecular formula is C22H23N. The number of allylic oxidation sites excluding steroid dienone is 5. The minimum atomic E-state index is 0.374. The predicted octanol–water partition coefficient (Wildman–Crippen LogP) is 4.09. The molecule has 1 nitrogen and oxygen atoms in total. The highest BCUT2D eigenvalue weighted by molar-refractivity contribution is 6.01. The largest absolute Gasteiger partial charge is 0.261 e. The van der Waals surface area contributed by atoms with Gasteiger partial charge >= 0.3 is 0 Å². The second kappa shape index (κ2) is 8.70. The summed E-state index contributed by atoms with van der Waals surface area (Å²) in [5.74, 6) is 0.374. The maximum absolute atomic E-state index is 4.66. The van der Waals surface area contributed by atoms with Gasteiger partial charge in [0.05, 0.1) is 5.71 Å². The monoisotopic (exact) mass is 301 g/mol. The van der Waals surface area contributed by atoms with Crippen LogP contribution in [-0.2, 0) is 0 Å². The highest BCUT2D eigenvalue weighted by Crippen LogP contribution is 2.07. The Bertz CT molecular complexity index is 808. The molecule has 1 aromatic rings. The molecule has 0 radical (unpaired) electrons. The van der Waals surface area contributed by atoms with Gasteiger partial charge in [-0.05, 0) is 28.0 Å². The highest BCUT2D eigenvalue weighted by atomic mass is 14.7. The summed E-state index contributed by atoms with van der Waals surface area (Å²) >= 11 is 0. The lowest BCUT2D eigenvalue weighted by Crippen LogP contribution is -2.04. The van der Waals surface area contributed by atoms with Gasteiger partial charge in [-0.2, -0.15) is 0 Å². The minimum Gasteiger partial charge on any atom is -0.261 e. The third kappa shape index (κ3) is 5.91. The summed E-state index contributed by atoms with van der Waals surface area (Å²) < 4.78 is 0. The van der Waals surface area contributed by atoms with Crippen LogP contribution in [0.5, 0.6) is 0 Å². The number of nitrogens with zero attached hydrogens (tertiary/aromatic N) is 1. The van der Waals surface area contributed by atoms with Crippen molar-refractivity contribution in [3.05, 3.63) is 95.0 Å². The summed E-state index contributed by atoms with van der Waals surface area (Å²) in [6, 6.07) is 14.0. The fraction of sp³-hybridized carbons (Fsp3) is 0.136. The summed E-state index contributed by atoms with van der Waals surface area (Å²) in [5, 5.41) is 1.90. The van der Waals surface area contributed by atoms with Gasteiger partial charge in [0.15, 0.2) is 0 Å². The van der Waals surface area contributed by atoms with Crippen LogP contribution in [0.2, 0.25) is 0 Å². The van der Waals surface area contributed by atoms with Gasteiger partial charge in [-0.3, -0.25) is 4.99 Å². The highest BCUT2D eigenvalue weighted by Gasteiger charge is 2.00. The fourth-order valence-electron chi connectivity index (χ4n) is 2.16. The van der Waals surface area contributed by atoms with E-state index in [2.05, 4.69) is 67.6 Å². The Labute approximate surface area is 138 Å². The molecule has 0 N–H and O–H groups in total.